The van der Waals surface area contributed by atoms with Crippen LogP contribution in [0.5, 0.6) is 0 Å². The third kappa shape index (κ3) is 7.05. The van der Waals surface area contributed by atoms with Crippen LogP contribution < -0.4 is 10.8 Å². The zero-order valence-electron chi connectivity index (χ0n) is 16.0. The van der Waals surface area contributed by atoms with Gasteiger partial charge < -0.3 is 20.4 Å². The molecule has 0 radical (unpaired) electrons. The lowest BCUT2D eigenvalue weighted by Gasteiger charge is -2.15. The van der Waals surface area contributed by atoms with Crippen LogP contribution in [0.1, 0.15) is 22.3 Å². The minimum atomic E-state index is -1.45. The molecular formula is C19H19F3IN3O5. The Bertz CT molecular complexity index is 946. The van der Waals surface area contributed by atoms with E-state index in [1.165, 1.54) is 18.2 Å². The van der Waals surface area contributed by atoms with Gasteiger partial charge in [0.2, 0.25) is 0 Å². The average Bonchev–Trinajstić information content (AvgIpc) is 2.74. The minimum Gasteiger partial charge on any atom is -0.396 e. The summed E-state index contributed by atoms with van der Waals surface area (Å²) in [5.74, 6) is -4.52. The van der Waals surface area contributed by atoms with Crippen LogP contribution in [0.2, 0.25) is 0 Å². The van der Waals surface area contributed by atoms with Crippen molar-refractivity contribution >= 4 is 46.1 Å². The van der Waals surface area contributed by atoms with Crippen LogP contribution in [0.25, 0.3) is 0 Å². The molecule has 12 heteroatoms. The van der Waals surface area contributed by atoms with Crippen molar-refractivity contribution in [2.24, 2.45) is 5.16 Å². The van der Waals surface area contributed by atoms with Crippen molar-refractivity contribution in [2.75, 3.05) is 31.7 Å². The molecule has 0 spiro atoms. The lowest BCUT2D eigenvalue weighted by atomic mass is 10.1. The number of nitrogens with zero attached hydrogens (tertiary/aromatic N) is 1. The molecule has 2 aromatic carbocycles. The maximum atomic E-state index is 14.8. The molecule has 0 saturated carbocycles. The summed E-state index contributed by atoms with van der Waals surface area (Å²) in [6.07, 6.45) is 1.14. The predicted octanol–water partition coefficient (Wildman–Crippen LogP) is 2.84. The first kappa shape index (κ1) is 24.8. The molecule has 0 aliphatic rings. The van der Waals surface area contributed by atoms with Crippen LogP contribution in [-0.2, 0) is 9.68 Å². The summed E-state index contributed by atoms with van der Waals surface area (Å²) in [4.78, 5) is 22.0. The SMILES string of the molecule is O=C(NOCCO)c1cc(/C=N/OCCCO)c(F)c(F)c1Nc1ccc(I)cc1F. The Morgan fingerprint density at radius 1 is 1.13 bits per heavy atom. The van der Waals surface area contributed by atoms with Gasteiger partial charge in [-0.1, -0.05) is 5.16 Å². The Morgan fingerprint density at radius 2 is 1.90 bits per heavy atom. The molecule has 0 unspecified atom stereocenters. The van der Waals surface area contributed by atoms with E-state index in [4.69, 9.17) is 19.9 Å². The van der Waals surface area contributed by atoms with Gasteiger partial charge in [0.1, 0.15) is 12.4 Å². The van der Waals surface area contributed by atoms with Crippen molar-refractivity contribution in [3.63, 3.8) is 0 Å². The molecule has 31 heavy (non-hydrogen) atoms. The van der Waals surface area contributed by atoms with Crippen molar-refractivity contribution in [3.05, 3.63) is 56.4 Å². The summed E-state index contributed by atoms with van der Waals surface area (Å²) < 4.78 is 44.2. The number of carbonyl (C=O) groups excluding carboxylic acids is 1. The van der Waals surface area contributed by atoms with Gasteiger partial charge in [-0.3, -0.25) is 9.63 Å². The number of nitrogens with one attached hydrogen (secondary N) is 2. The van der Waals surface area contributed by atoms with E-state index in [0.29, 0.717) is 3.57 Å². The third-order valence-electron chi connectivity index (χ3n) is 3.69. The first-order valence-corrected chi connectivity index (χ1v) is 10.00. The number of halogens is 4. The fourth-order valence-electron chi connectivity index (χ4n) is 2.26. The second-order valence-electron chi connectivity index (χ2n) is 5.91. The monoisotopic (exact) mass is 553 g/mol. The van der Waals surface area contributed by atoms with Crippen LogP contribution in [0.3, 0.4) is 0 Å². The summed E-state index contributed by atoms with van der Waals surface area (Å²) in [7, 11) is 0. The molecule has 2 rings (SSSR count). The van der Waals surface area contributed by atoms with E-state index in [9.17, 15) is 18.0 Å². The lowest BCUT2D eigenvalue weighted by Crippen LogP contribution is -2.26. The molecule has 4 N–H and O–H groups in total. The number of amides is 1. The van der Waals surface area contributed by atoms with E-state index in [0.717, 1.165) is 12.3 Å². The Labute approximate surface area is 189 Å². The van der Waals surface area contributed by atoms with Gasteiger partial charge in [0.25, 0.3) is 5.91 Å². The van der Waals surface area contributed by atoms with Crippen molar-refractivity contribution in [3.8, 4) is 0 Å². The number of oxime groups is 1. The second kappa shape index (κ2) is 12.4. The Hall–Kier alpha value is -2.42. The van der Waals surface area contributed by atoms with Crippen molar-refractivity contribution < 1.29 is 37.9 Å². The van der Waals surface area contributed by atoms with E-state index in [-0.39, 0.29) is 38.5 Å². The smallest absolute Gasteiger partial charge is 0.277 e. The Morgan fingerprint density at radius 3 is 2.58 bits per heavy atom. The number of hydrogen-bond acceptors (Lipinski definition) is 7. The van der Waals surface area contributed by atoms with Crippen molar-refractivity contribution in [1.82, 2.24) is 5.48 Å². The molecule has 0 saturated heterocycles. The van der Waals surface area contributed by atoms with Crippen molar-refractivity contribution in [2.45, 2.75) is 6.42 Å². The number of benzene rings is 2. The summed E-state index contributed by atoms with van der Waals surface area (Å²) in [6.45, 7) is -0.714. The molecule has 0 bridgehead atoms. The summed E-state index contributed by atoms with van der Waals surface area (Å²) >= 11 is 1.88. The number of aliphatic hydroxyl groups excluding tert-OH is 2. The second-order valence-corrected chi connectivity index (χ2v) is 7.16. The maximum absolute atomic E-state index is 14.8. The molecule has 0 aliphatic carbocycles. The highest BCUT2D eigenvalue weighted by atomic mass is 127. The number of carbonyl (C=O) groups is 1. The summed E-state index contributed by atoms with van der Waals surface area (Å²) in [5, 5.41) is 23.3. The predicted molar refractivity (Wildman–Crippen MR) is 115 cm³/mol. The lowest BCUT2D eigenvalue weighted by molar-refractivity contribution is 0.0168. The van der Waals surface area contributed by atoms with Crippen LogP contribution in [0.4, 0.5) is 24.5 Å². The standard InChI is InChI=1S/C19H19F3IN3O5/c20-14-9-12(23)2-3-15(14)25-18-13(19(29)26-31-7-5-28)8-11(16(21)17(18)22)10-24-30-6-1-4-27/h2-3,8-10,25,27-28H,1,4-7H2,(H,26,29)/b24-10+. The summed E-state index contributed by atoms with van der Waals surface area (Å²) in [5.41, 5.74) is 0.350. The molecule has 0 atom stereocenters. The van der Waals surface area contributed by atoms with E-state index < -0.39 is 40.2 Å². The van der Waals surface area contributed by atoms with Crippen molar-refractivity contribution in [1.29, 1.82) is 0 Å². The minimum absolute atomic E-state index is 0.0468. The van der Waals surface area contributed by atoms with Crippen LogP contribution >= 0.6 is 22.6 Å². The van der Waals surface area contributed by atoms with Crippen LogP contribution in [-0.4, -0.2) is 48.8 Å². The number of aliphatic hydroxyl groups is 2. The first-order valence-electron chi connectivity index (χ1n) is 8.92. The fraction of sp³-hybridized carbons (Fsp3) is 0.263. The zero-order chi connectivity index (χ0) is 22.8. The van der Waals surface area contributed by atoms with Gasteiger partial charge >= 0.3 is 0 Å². The van der Waals surface area contributed by atoms with E-state index in [1.807, 2.05) is 28.1 Å². The number of rotatable bonds is 11. The van der Waals surface area contributed by atoms with Gasteiger partial charge in [0, 0.05) is 22.2 Å². The van der Waals surface area contributed by atoms with Gasteiger partial charge in [-0.25, -0.2) is 18.7 Å². The molecule has 168 valence electrons. The van der Waals surface area contributed by atoms with Gasteiger partial charge in [0.15, 0.2) is 11.6 Å². The Kier molecular flexibility index (Phi) is 9.97. The van der Waals surface area contributed by atoms with Gasteiger partial charge in [0.05, 0.1) is 36.4 Å². The van der Waals surface area contributed by atoms with Gasteiger partial charge in [-0.15, -0.1) is 0 Å². The highest BCUT2D eigenvalue weighted by molar-refractivity contribution is 14.1. The van der Waals surface area contributed by atoms with E-state index >= 15 is 0 Å². The summed E-state index contributed by atoms with van der Waals surface area (Å²) in [6, 6.07) is 4.99. The molecule has 0 aromatic heterocycles. The maximum Gasteiger partial charge on any atom is 0.277 e. The highest BCUT2D eigenvalue weighted by Gasteiger charge is 2.23. The highest BCUT2D eigenvalue weighted by Crippen LogP contribution is 2.30. The third-order valence-corrected chi connectivity index (χ3v) is 4.36. The van der Waals surface area contributed by atoms with Crippen LogP contribution in [0.15, 0.2) is 29.4 Å². The first-order chi connectivity index (χ1) is 14.9. The molecule has 0 heterocycles. The van der Waals surface area contributed by atoms with E-state index in [1.54, 1.807) is 0 Å². The number of anilines is 2. The molecule has 1 amide bonds. The average molecular weight is 553 g/mol. The molecule has 0 aliphatic heterocycles. The fourth-order valence-corrected chi connectivity index (χ4v) is 2.71. The molecule has 2 aromatic rings. The van der Waals surface area contributed by atoms with E-state index in [2.05, 4.69) is 10.5 Å². The quantitative estimate of drug-likeness (QED) is 0.148. The topological polar surface area (TPSA) is 112 Å². The number of hydrogen-bond donors (Lipinski definition) is 4. The van der Waals surface area contributed by atoms with Gasteiger partial charge in [-0.2, -0.15) is 0 Å². The zero-order valence-corrected chi connectivity index (χ0v) is 18.2. The van der Waals surface area contributed by atoms with Gasteiger partial charge in [-0.05, 0) is 46.9 Å². The van der Waals surface area contributed by atoms with Crippen LogP contribution in [0, 0.1) is 21.0 Å². The number of hydroxylamine groups is 1. The molecular weight excluding hydrogens is 534 g/mol. The normalized spacial score (nSPS) is 11.0. The molecule has 0 fully saturated rings. The molecule has 8 nitrogen and oxygen atoms in total. The largest absolute Gasteiger partial charge is 0.396 e. The Balaban J connectivity index is 2.43.